The lowest BCUT2D eigenvalue weighted by Crippen LogP contribution is -2.54. The maximum atomic E-state index is 13.9. The Kier molecular flexibility index (Phi) is 5.66. The van der Waals surface area contributed by atoms with Gasteiger partial charge in [0.05, 0.1) is 23.5 Å². The van der Waals surface area contributed by atoms with Crippen LogP contribution in [0.5, 0.6) is 0 Å². The van der Waals surface area contributed by atoms with Crippen LogP contribution in [-0.2, 0) is 11.6 Å². The molecule has 5 rings (SSSR count). The predicted molar refractivity (Wildman–Crippen MR) is 131 cm³/mol. The van der Waals surface area contributed by atoms with E-state index in [9.17, 15) is 28.2 Å². The molecule has 2 atom stereocenters. The van der Waals surface area contributed by atoms with Gasteiger partial charge in [-0.25, -0.2) is 4.68 Å². The fourth-order valence-corrected chi connectivity index (χ4v) is 5.67. The first-order valence-electron chi connectivity index (χ1n) is 11.4. The van der Waals surface area contributed by atoms with Crippen LogP contribution in [0.1, 0.15) is 36.6 Å². The predicted octanol–water partition coefficient (Wildman–Crippen LogP) is 4.58. The number of allylic oxidation sites excluding steroid dienone is 1. The number of aromatic nitrogens is 2. The lowest BCUT2D eigenvalue weighted by atomic mass is 9.64. The highest BCUT2D eigenvalue weighted by Gasteiger charge is 2.55. The van der Waals surface area contributed by atoms with Gasteiger partial charge in [-0.05, 0) is 35.9 Å². The summed E-state index contributed by atoms with van der Waals surface area (Å²) < 4.78 is 42.5. The highest BCUT2D eigenvalue weighted by atomic mass is 35.5. The molecule has 0 spiro atoms. The van der Waals surface area contributed by atoms with Crippen molar-refractivity contribution >= 4 is 17.3 Å². The minimum absolute atomic E-state index is 0.215. The number of hydrogen-bond donors (Lipinski definition) is 3. The SMILES string of the molecule is CN1/C(=C\C2C(O)C(c3c(C(F)(F)F)[nH]n(-c4ccccc4)c3=O)C2O)C(C)(C)c2cc(Cl)ccc21. The van der Waals surface area contributed by atoms with Crippen molar-refractivity contribution in [3.63, 3.8) is 0 Å². The average molecular weight is 520 g/mol. The standard InChI is InChI=1S/C26H25ClF3N3O3/c1-25(2)16-11-13(27)9-10-17(16)32(3)18(25)12-15-21(34)19(22(15)35)20-23(26(28,29)30)31-33(24(20)36)14-7-5-4-6-8-14/h4-12,15,19,21-22,31,34-35H,1-3H3/b18-12-. The lowest BCUT2D eigenvalue weighted by molar-refractivity contribution is -0.145. The van der Waals surface area contributed by atoms with Crippen LogP contribution in [0.2, 0.25) is 5.02 Å². The number of alkyl halides is 3. The number of rotatable bonds is 3. The molecule has 3 aromatic rings. The van der Waals surface area contributed by atoms with E-state index in [1.807, 2.05) is 37.9 Å². The van der Waals surface area contributed by atoms with Crippen molar-refractivity contribution in [1.29, 1.82) is 0 Å². The number of aliphatic hydroxyl groups is 2. The van der Waals surface area contributed by atoms with Crippen molar-refractivity contribution in [2.24, 2.45) is 5.92 Å². The van der Waals surface area contributed by atoms with Crippen LogP contribution in [-0.4, -0.2) is 39.2 Å². The molecule has 2 heterocycles. The quantitative estimate of drug-likeness (QED) is 0.473. The number of benzene rings is 2. The Morgan fingerprint density at radius 2 is 1.72 bits per heavy atom. The summed E-state index contributed by atoms with van der Waals surface area (Å²) in [5.41, 5.74) is -0.570. The summed E-state index contributed by atoms with van der Waals surface area (Å²) in [6, 6.07) is 13.3. The number of nitrogens with one attached hydrogen (secondary N) is 1. The van der Waals surface area contributed by atoms with Gasteiger partial charge in [-0.15, -0.1) is 0 Å². The van der Waals surface area contributed by atoms with Crippen LogP contribution < -0.4 is 10.5 Å². The molecular formula is C26H25ClF3N3O3. The molecule has 6 nitrogen and oxygen atoms in total. The maximum Gasteiger partial charge on any atom is 0.433 e. The molecule has 2 aromatic carbocycles. The monoisotopic (exact) mass is 519 g/mol. The third-order valence-corrected chi connectivity index (χ3v) is 7.66. The van der Waals surface area contributed by atoms with Crippen molar-refractivity contribution in [3.05, 3.63) is 92.5 Å². The molecule has 0 bridgehead atoms. The Labute approximate surface area is 210 Å². The molecule has 2 unspecified atom stereocenters. The summed E-state index contributed by atoms with van der Waals surface area (Å²) in [7, 11) is 1.84. The number of aromatic amines is 1. The van der Waals surface area contributed by atoms with Crippen molar-refractivity contribution in [2.75, 3.05) is 11.9 Å². The van der Waals surface area contributed by atoms with Crippen LogP contribution in [0.25, 0.3) is 5.69 Å². The van der Waals surface area contributed by atoms with Gasteiger partial charge in [0.2, 0.25) is 0 Å². The maximum absolute atomic E-state index is 13.9. The largest absolute Gasteiger partial charge is 0.433 e. The van der Waals surface area contributed by atoms with Gasteiger partial charge in [0, 0.05) is 40.7 Å². The number of anilines is 1. The number of nitrogens with zero attached hydrogens (tertiary/aromatic N) is 2. The van der Waals surface area contributed by atoms with Crippen molar-refractivity contribution in [2.45, 2.75) is 43.6 Å². The second-order valence-electron chi connectivity index (χ2n) is 9.86. The smallest absolute Gasteiger partial charge is 0.392 e. The third-order valence-electron chi connectivity index (χ3n) is 7.43. The molecule has 1 aliphatic carbocycles. The third kappa shape index (κ3) is 3.60. The van der Waals surface area contributed by atoms with Crippen molar-refractivity contribution in [1.82, 2.24) is 9.78 Å². The second kappa shape index (κ2) is 8.26. The minimum Gasteiger partial charge on any atom is -0.392 e. The average Bonchev–Trinajstić information content (AvgIpc) is 3.24. The van der Waals surface area contributed by atoms with E-state index in [0.29, 0.717) is 5.02 Å². The molecule has 0 amide bonds. The summed E-state index contributed by atoms with van der Waals surface area (Å²) in [5.74, 6) is -2.26. The van der Waals surface area contributed by atoms with Gasteiger partial charge < -0.3 is 15.1 Å². The molecule has 1 aromatic heterocycles. The van der Waals surface area contributed by atoms with Gasteiger partial charge >= 0.3 is 6.18 Å². The van der Waals surface area contributed by atoms with Gasteiger partial charge in [0.25, 0.3) is 5.56 Å². The molecule has 1 fully saturated rings. The van der Waals surface area contributed by atoms with E-state index in [2.05, 4.69) is 5.10 Å². The van der Waals surface area contributed by atoms with Crippen molar-refractivity contribution < 1.29 is 23.4 Å². The summed E-state index contributed by atoms with van der Waals surface area (Å²) in [6.45, 7) is 3.94. The highest BCUT2D eigenvalue weighted by molar-refractivity contribution is 6.30. The van der Waals surface area contributed by atoms with Gasteiger partial charge in [0.15, 0.2) is 0 Å². The molecule has 190 valence electrons. The van der Waals surface area contributed by atoms with Crippen LogP contribution >= 0.6 is 11.6 Å². The molecule has 0 saturated heterocycles. The Hall–Kier alpha value is -3.01. The van der Waals surface area contributed by atoms with E-state index in [-0.39, 0.29) is 5.69 Å². The lowest BCUT2D eigenvalue weighted by Gasteiger charge is -2.45. The Balaban J connectivity index is 1.53. The first kappa shape index (κ1) is 24.7. The summed E-state index contributed by atoms with van der Waals surface area (Å²) in [5, 5.41) is 24.7. The van der Waals surface area contributed by atoms with Crippen LogP contribution in [0.4, 0.5) is 18.9 Å². The first-order valence-corrected chi connectivity index (χ1v) is 11.8. The molecule has 36 heavy (non-hydrogen) atoms. The van der Waals surface area contributed by atoms with Gasteiger partial charge in [-0.1, -0.05) is 49.7 Å². The summed E-state index contributed by atoms with van der Waals surface area (Å²) in [6.07, 6.45) is -5.97. The van der Waals surface area contributed by atoms with E-state index < -0.39 is 52.5 Å². The molecule has 0 radical (unpaired) electrons. The summed E-state index contributed by atoms with van der Waals surface area (Å²) >= 11 is 6.19. The summed E-state index contributed by atoms with van der Waals surface area (Å²) in [4.78, 5) is 15.0. The zero-order valence-corrected chi connectivity index (χ0v) is 20.5. The van der Waals surface area contributed by atoms with Gasteiger partial charge in [-0.2, -0.15) is 13.2 Å². The fraction of sp³-hybridized carbons (Fsp3) is 0.346. The Morgan fingerprint density at radius 3 is 2.33 bits per heavy atom. The van der Waals surface area contributed by atoms with Crippen LogP contribution in [0.3, 0.4) is 0 Å². The fourth-order valence-electron chi connectivity index (χ4n) is 5.50. The number of hydrogen-bond acceptors (Lipinski definition) is 4. The topological polar surface area (TPSA) is 81.5 Å². The van der Waals surface area contributed by atoms with Gasteiger partial charge in [-0.3, -0.25) is 9.89 Å². The van der Waals surface area contributed by atoms with E-state index >= 15 is 0 Å². The molecular weight excluding hydrogens is 495 g/mol. The van der Waals surface area contributed by atoms with E-state index in [1.165, 1.54) is 12.1 Å². The number of fused-ring (bicyclic) bond motifs is 1. The van der Waals surface area contributed by atoms with Crippen molar-refractivity contribution in [3.8, 4) is 5.69 Å². The van der Waals surface area contributed by atoms with E-state index in [1.54, 1.807) is 30.3 Å². The highest BCUT2D eigenvalue weighted by Crippen LogP contribution is 2.51. The number of aliphatic hydroxyl groups excluding tert-OH is 2. The molecule has 2 aliphatic rings. The number of likely N-dealkylation sites (N-methyl/N-ethyl adjacent to an activating group) is 1. The number of para-hydroxylation sites is 1. The molecule has 10 heteroatoms. The van der Waals surface area contributed by atoms with E-state index in [0.717, 1.165) is 21.6 Å². The first-order chi connectivity index (χ1) is 16.8. The molecule has 1 aliphatic heterocycles. The number of halogens is 4. The number of H-pyrrole nitrogens is 1. The molecule has 3 N–H and O–H groups in total. The Bertz CT molecular complexity index is 1400. The van der Waals surface area contributed by atoms with Crippen LogP contribution in [0.15, 0.2) is 65.1 Å². The normalized spacial score (nSPS) is 26.2. The second-order valence-corrected chi connectivity index (χ2v) is 10.3. The zero-order valence-electron chi connectivity index (χ0n) is 19.7. The van der Waals surface area contributed by atoms with E-state index in [4.69, 9.17) is 11.6 Å². The van der Waals surface area contributed by atoms with Crippen LogP contribution in [0, 0.1) is 5.92 Å². The zero-order chi connectivity index (χ0) is 26.2. The minimum atomic E-state index is -4.88. The Morgan fingerprint density at radius 1 is 1.08 bits per heavy atom. The molecule has 1 saturated carbocycles. The van der Waals surface area contributed by atoms with Gasteiger partial charge in [0.1, 0.15) is 5.69 Å².